The molecule has 1 heterocycles. The second-order valence-corrected chi connectivity index (χ2v) is 5.84. The first-order valence-corrected chi connectivity index (χ1v) is 8.10. The summed E-state index contributed by atoms with van der Waals surface area (Å²) < 4.78 is 30.4. The van der Waals surface area contributed by atoms with Gasteiger partial charge in [0, 0.05) is 11.8 Å². The predicted octanol–water partition coefficient (Wildman–Crippen LogP) is 2.99. The number of fused-ring (bicyclic) bond motifs is 1. The molecular formula is C20H18FNO5. The lowest BCUT2D eigenvalue weighted by Gasteiger charge is -2.13. The van der Waals surface area contributed by atoms with Crippen molar-refractivity contribution in [1.82, 2.24) is 4.57 Å². The fraction of sp³-hybridized carbons (Fsp3) is 0.200. The Morgan fingerprint density at radius 2 is 1.78 bits per heavy atom. The summed E-state index contributed by atoms with van der Waals surface area (Å²) in [7, 11) is 4.14. The molecule has 0 aliphatic carbocycles. The highest BCUT2D eigenvalue weighted by atomic mass is 19.1. The maximum Gasteiger partial charge on any atom is 0.337 e. The first-order chi connectivity index (χ1) is 13.0. The molecule has 7 heteroatoms. The molecule has 0 aliphatic heterocycles. The molecule has 0 radical (unpaired) electrons. The van der Waals surface area contributed by atoms with Gasteiger partial charge in [-0.15, -0.1) is 0 Å². The molecule has 0 bridgehead atoms. The zero-order valence-electron chi connectivity index (χ0n) is 15.1. The minimum Gasteiger partial charge on any atom is -0.496 e. The Hall–Kier alpha value is -3.35. The minimum absolute atomic E-state index is 0.0831. The van der Waals surface area contributed by atoms with E-state index in [-0.39, 0.29) is 23.2 Å². The Kier molecular flexibility index (Phi) is 5.12. The SMILES string of the molecule is COC(=O)c1ccc(Cn2ccc3cc(OC)c(F)cc3c2=O)c(OC)c1. The average molecular weight is 371 g/mol. The number of aromatic nitrogens is 1. The number of pyridine rings is 1. The van der Waals surface area contributed by atoms with Crippen LogP contribution < -0.4 is 15.0 Å². The van der Waals surface area contributed by atoms with Crippen LogP contribution in [0.5, 0.6) is 11.5 Å². The number of nitrogens with zero attached hydrogens (tertiary/aromatic N) is 1. The minimum atomic E-state index is -0.597. The number of hydrogen-bond acceptors (Lipinski definition) is 5. The van der Waals surface area contributed by atoms with Gasteiger partial charge in [0.25, 0.3) is 5.56 Å². The van der Waals surface area contributed by atoms with Gasteiger partial charge in [0.15, 0.2) is 11.6 Å². The van der Waals surface area contributed by atoms with E-state index in [9.17, 15) is 14.0 Å². The third kappa shape index (κ3) is 3.48. The molecule has 0 aliphatic rings. The standard InChI is InChI=1S/C20H18FNO5/c1-25-17-9-13(20(24)27-3)4-5-14(17)11-22-7-6-12-8-18(26-2)16(21)10-15(12)19(22)23/h4-10H,11H2,1-3H3. The first-order valence-electron chi connectivity index (χ1n) is 8.10. The number of hydrogen-bond donors (Lipinski definition) is 0. The number of carbonyl (C=O) groups excluding carboxylic acids is 1. The Bertz CT molecular complexity index is 1070. The largest absolute Gasteiger partial charge is 0.496 e. The van der Waals surface area contributed by atoms with Gasteiger partial charge < -0.3 is 18.8 Å². The number of esters is 1. The van der Waals surface area contributed by atoms with Crippen molar-refractivity contribution in [3.8, 4) is 11.5 Å². The number of rotatable bonds is 5. The summed E-state index contributed by atoms with van der Waals surface area (Å²) in [6, 6.07) is 9.22. The van der Waals surface area contributed by atoms with Crippen LogP contribution in [0.1, 0.15) is 15.9 Å². The highest BCUT2D eigenvalue weighted by Crippen LogP contribution is 2.24. The molecule has 0 atom stereocenters. The van der Waals surface area contributed by atoms with Crippen LogP contribution in [0.3, 0.4) is 0 Å². The molecule has 1 aromatic heterocycles. The maximum atomic E-state index is 14.0. The van der Waals surface area contributed by atoms with Crippen molar-refractivity contribution in [2.45, 2.75) is 6.54 Å². The number of carbonyl (C=O) groups is 1. The summed E-state index contributed by atoms with van der Waals surface area (Å²) in [5.74, 6) is -0.544. The highest BCUT2D eigenvalue weighted by molar-refractivity contribution is 5.90. The first kappa shape index (κ1) is 18.4. The number of benzene rings is 2. The topological polar surface area (TPSA) is 66.8 Å². The van der Waals surface area contributed by atoms with Crippen molar-refractivity contribution in [1.29, 1.82) is 0 Å². The van der Waals surface area contributed by atoms with Crippen molar-refractivity contribution in [2.75, 3.05) is 21.3 Å². The van der Waals surface area contributed by atoms with Gasteiger partial charge in [-0.1, -0.05) is 6.07 Å². The molecule has 2 aromatic carbocycles. The third-order valence-electron chi connectivity index (χ3n) is 4.30. The van der Waals surface area contributed by atoms with Crippen LogP contribution in [-0.4, -0.2) is 31.9 Å². The van der Waals surface area contributed by atoms with Crippen LogP contribution in [0.2, 0.25) is 0 Å². The molecule has 0 fully saturated rings. The summed E-state index contributed by atoms with van der Waals surface area (Å²) in [6.07, 6.45) is 1.62. The fourth-order valence-electron chi connectivity index (χ4n) is 2.87. The van der Waals surface area contributed by atoms with Crippen LogP contribution in [0.15, 0.2) is 47.4 Å². The van der Waals surface area contributed by atoms with E-state index in [2.05, 4.69) is 0 Å². The van der Waals surface area contributed by atoms with Gasteiger partial charge in [0.2, 0.25) is 0 Å². The maximum absolute atomic E-state index is 14.0. The van der Waals surface area contributed by atoms with Gasteiger partial charge in [0.1, 0.15) is 5.75 Å². The van der Waals surface area contributed by atoms with Crippen molar-refractivity contribution < 1.29 is 23.4 Å². The quantitative estimate of drug-likeness (QED) is 0.645. The molecule has 0 amide bonds. The summed E-state index contributed by atoms with van der Waals surface area (Å²) >= 11 is 0. The van der Waals surface area contributed by atoms with Crippen LogP contribution >= 0.6 is 0 Å². The summed E-state index contributed by atoms with van der Waals surface area (Å²) in [6.45, 7) is 0.201. The van der Waals surface area contributed by atoms with Crippen molar-refractivity contribution in [3.05, 3.63) is 69.9 Å². The number of ether oxygens (including phenoxy) is 3. The average Bonchev–Trinajstić information content (AvgIpc) is 2.69. The molecular weight excluding hydrogens is 353 g/mol. The molecule has 3 aromatic rings. The third-order valence-corrected chi connectivity index (χ3v) is 4.30. The molecule has 0 saturated carbocycles. The lowest BCUT2D eigenvalue weighted by molar-refractivity contribution is 0.0600. The Labute approximate surface area is 154 Å². The number of methoxy groups -OCH3 is 3. The van der Waals surface area contributed by atoms with E-state index < -0.39 is 11.8 Å². The Balaban J connectivity index is 2.03. The fourth-order valence-corrected chi connectivity index (χ4v) is 2.87. The molecule has 140 valence electrons. The number of halogens is 1. The zero-order valence-corrected chi connectivity index (χ0v) is 15.1. The van der Waals surface area contributed by atoms with Crippen LogP contribution in [0, 0.1) is 5.82 Å². The molecule has 0 saturated heterocycles. The van der Waals surface area contributed by atoms with Crippen molar-refractivity contribution >= 4 is 16.7 Å². The normalized spacial score (nSPS) is 10.7. The van der Waals surface area contributed by atoms with Crippen LogP contribution in [0.25, 0.3) is 10.8 Å². The molecule has 27 heavy (non-hydrogen) atoms. The lowest BCUT2D eigenvalue weighted by atomic mass is 10.1. The summed E-state index contributed by atoms with van der Waals surface area (Å²) in [4.78, 5) is 24.4. The van der Waals surface area contributed by atoms with Gasteiger partial charge in [-0.05, 0) is 35.7 Å². The van der Waals surface area contributed by atoms with E-state index in [0.717, 1.165) is 0 Å². The van der Waals surface area contributed by atoms with Crippen molar-refractivity contribution in [2.24, 2.45) is 0 Å². The van der Waals surface area contributed by atoms with Gasteiger partial charge in [0.05, 0.1) is 38.8 Å². The molecule has 0 N–H and O–H groups in total. The van der Waals surface area contributed by atoms with E-state index >= 15 is 0 Å². The van der Waals surface area contributed by atoms with Gasteiger partial charge >= 0.3 is 5.97 Å². The van der Waals surface area contributed by atoms with E-state index in [1.807, 2.05) is 0 Å². The second-order valence-electron chi connectivity index (χ2n) is 5.84. The molecule has 0 spiro atoms. The van der Waals surface area contributed by atoms with Crippen LogP contribution in [0.4, 0.5) is 4.39 Å². The van der Waals surface area contributed by atoms with Gasteiger partial charge in [-0.2, -0.15) is 0 Å². The van der Waals surface area contributed by atoms with E-state index in [4.69, 9.17) is 14.2 Å². The Morgan fingerprint density at radius 3 is 2.44 bits per heavy atom. The van der Waals surface area contributed by atoms with E-state index in [0.29, 0.717) is 22.3 Å². The smallest absolute Gasteiger partial charge is 0.337 e. The molecule has 0 unspecified atom stereocenters. The Morgan fingerprint density at radius 1 is 1.04 bits per heavy atom. The van der Waals surface area contributed by atoms with E-state index in [1.54, 1.807) is 30.5 Å². The monoisotopic (exact) mass is 371 g/mol. The van der Waals surface area contributed by atoms with E-state index in [1.165, 1.54) is 38.0 Å². The zero-order chi connectivity index (χ0) is 19.6. The molecule has 6 nitrogen and oxygen atoms in total. The summed E-state index contributed by atoms with van der Waals surface area (Å²) in [5, 5.41) is 0.837. The molecule has 3 rings (SSSR count). The van der Waals surface area contributed by atoms with Crippen molar-refractivity contribution in [3.63, 3.8) is 0 Å². The van der Waals surface area contributed by atoms with Gasteiger partial charge in [-0.25, -0.2) is 9.18 Å². The van der Waals surface area contributed by atoms with Crippen LogP contribution in [-0.2, 0) is 11.3 Å². The highest BCUT2D eigenvalue weighted by Gasteiger charge is 2.13. The lowest BCUT2D eigenvalue weighted by Crippen LogP contribution is -2.20. The second kappa shape index (κ2) is 7.49. The van der Waals surface area contributed by atoms with Gasteiger partial charge in [-0.3, -0.25) is 4.79 Å². The predicted molar refractivity (Wildman–Crippen MR) is 98.2 cm³/mol. The summed E-state index contributed by atoms with van der Waals surface area (Å²) in [5.41, 5.74) is 0.701.